The van der Waals surface area contributed by atoms with Crippen LogP contribution in [-0.2, 0) is 0 Å². The van der Waals surface area contributed by atoms with Crippen LogP contribution in [0.4, 0.5) is 5.82 Å². The molecule has 1 aromatic heterocycles. The first-order valence-electron chi connectivity index (χ1n) is 4.98. The SMILES string of the molecule is Cc1cnc(C2CCCCS2)nc1N. The van der Waals surface area contributed by atoms with Crippen LogP contribution in [0.1, 0.15) is 35.9 Å². The maximum Gasteiger partial charge on any atom is 0.143 e. The highest BCUT2D eigenvalue weighted by atomic mass is 32.2. The Labute approximate surface area is 88.5 Å². The molecule has 1 aliphatic heterocycles. The number of hydrogen-bond donors (Lipinski definition) is 1. The first-order valence-corrected chi connectivity index (χ1v) is 6.03. The van der Waals surface area contributed by atoms with E-state index >= 15 is 0 Å². The number of nitrogens with two attached hydrogens (primary N) is 1. The molecule has 0 spiro atoms. The van der Waals surface area contributed by atoms with Crippen molar-refractivity contribution in [3.63, 3.8) is 0 Å². The van der Waals surface area contributed by atoms with Crippen molar-refractivity contribution in [1.82, 2.24) is 9.97 Å². The van der Waals surface area contributed by atoms with E-state index < -0.39 is 0 Å². The smallest absolute Gasteiger partial charge is 0.143 e. The average Bonchev–Trinajstić information content (AvgIpc) is 2.23. The van der Waals surface area contributed by atoms with E-state index in [2.05, 4.69) is 9.97 Å². The van der Waals surface area contributed by atoms with Gasteiger partial charge in [0.15, 0.2) is 0 Å². The molecule has 1 aromatic rings. The topological polar surface area (TPSA) is 51.8 Å². The van der Waals surface area contributed by atoms with Crippen LogP contribution in [0.25, 0.3) is 0 Å². The molecule has 0 aromatic carbocycles. The molecule has 0 radical (unpaired) electrons. The molecule has 2 heterocycles. The Morgan fingerprint density at radius 2 is 2.36 bits per heavy atom. The van der Waals surface area contributed by atoms with Gasteiger partial charge in [-0.2, -0.15) is 11.8 Å². The van der Waals surface area contributed by atoms with Crippen LogP contribution >= 0.6 is 11.8 Å². The van der Waals surface area contributed by atoms with Gasteiger partial charge >= 0.3 is 0 Å². The van der Waals surface area contributed by atoms with E-state index in [1.807, 2.05) is 24.9 Å². The number of hydrogen-bond acceptors (Lipinski definition) is 4. The highest BCUT2D eigenvalue weighted by molar-refractivity contribution is 7.99. The fraction of sp³-hybridized carbons (Fsp3) is 0.600. The Morgan fingerprint density at radius 3 is 3.00 bits per heavy atom. The van der Waals surface area contributed by atoms with E-state index in [1.165, 1.54) is 25.0 Å². The van der Waals surface area contributed by atoms with Gasteiger partial charge in [0.25, 0.3) is 0 Å². The summed E-state index contributed by atoms with van der Waals surface area (Å²) in [6.45, 7) is 1.94. The fourth-order valence-corrected chi connectivity index (χ4v) is 2.82. The summed E-state index contributed by atoms with van der Waals surface area (Å²) in [7, 11) is 0. The summed E-state index contributed by atoms with van der Waals surface area (Å²) >= 11 is 1.95. The van der Waals surface area contributed by atoms with Crippen molar-refractivity contribution in [2.24, 2.45) is 0 Å². The third-order valence-electron chi connectivity index (χ3n) is 2.50. The number of aryl methyl sites for hydroxylation is 1. The average molecular weight is 209 g/mol. The lowest BCUT2D eigenvalue weighted by molar-refractivity contribution is 0.662. The highest BCUT2D eigenvalue weighted by Gasteiger charge is 2.18. The van der Waals surface area contributed by atoms with E-state index in [4.69, 9.17) is 5.73 Å². The molecule has 1 atom stereocenters. The monoisotopic (exact) mass is 209 g/mol. The van der Waals surface area contributed by atoms with Crippen LogP contribution in [0.5, 0.6) is 0 Å². The second-order valence-corrected chi connectivity index (χ2v) is 4.96. The summed E-state index contributed by atoms with van der Waals surface area (Å²) in [6, 6.07) is 0. The van der Waals surface area contributed by atoms with Crippen molar-refractivity contribution >= 4 is 17.6 Å². The normalized spacial score (nSPS) is 22.2. The Bertz CT molecular complexity index is 321. The zero-order chi connectivity index (χ0) is 9.97. The lowest BCUT2D eigenvalue weighted by Gasteiger charge is -2.19. The Kier molecular flexibility index (Phi) is 2.91. The second kappa shape index (κ2) is 4.17. The lowest BCUT2D eigenvalue weighted by atomic mass is 10.2. The van der Waals surface area contributed by atoms with Crippen LogP contribution in [0.2, 0.25) is 0 Å². The lowest BCUT2D eigenvalue weighted by Crippen LogP contribution is -2.08. The molecule has 2 N–H and O–H groups in total. The molecule has 0 aliphatic carbocycles. The van der Waals surface area contributed by atoms with E-state index in [9.17, 15) is 0 Å². The quantitative estimate of drug-likeness (QED) is 0.771. The highest BCUT2D eigenvalue weighted by Crippen LogP contribution is 2.36. The first-order chi connectivity index (χ1) is 6.77. The predicted molar refractivity (Wildman–Crippen MR) is 60.2 cm³/mol. The van der Waals surface area contributed by atoms with Gasteiger partial charge in [-0.25, -0.2) is 9.97 Å². The molecule has 0 bridgehead atoms. The molecule has 4 heteroatoms. The molecular weight excluding hydrogens is 194 g/mol. The minimum absolute atomic E-state index is 0.464. The molecule has 14 heavy (non-hydrogen) atoms. The van der Waals surface area contributed by atoms with Crippen molar-refractivity contribution in [2.75, 3.05) is 11.5 Å². The van der Waals surface area contributed by atoms with E-state index in [1.54, 1.807) is 0 Å². The standard InChI is InChI=1S/C10H15N3S/c1-7-6-12-10(13-9(7)11)8-4-2-3-5-14-8/h6,8H,2-5H2,1H3,(H2,11,12,13). The second-order valence-electron chi connectivity index (χ2n) is 3.65. The zero-order valence-electron chi connectivity index (χ0n) is 8.36. The van der Waals surface area contributed by atoms with Gasteiger partial charge in [-0.05, 0) is 25.5 Å². The van der Waals surface area contributed by atoms with Crippen LogP contribution in [-0.4, -0.2) is 15.7 Å². The van der Waals surface area contributed by atoms with Gasteiger partial charge in [0, 0.05) is 11.8 Å². The van der Waals surface area contributed by atoms with E-state index in [0.717, 1.165) is 11.4 Å². The summed E-state index contributed by atoms with van der Waals surface area (Å²) in [4.78, 5) is 8.69. The maximum atomic E-state index is 5.77. The summed E-state index contributed by atoms with van der Waals surface area (Å²) in [6.07, 6.45) is 5.62. The minimum atomic E-state index is 0.464. The molecule has 3 nitrogen and oxygen atoms in total. The van der Waals surface area contributed by atoms with Crippen LogP contribution < -0.4 is 5.73 Å². The molecule has 1 saturated heterocycles. The summed E-state index contributed by atoms with van der Waals surface area (Å²) in [5.41, 5.74) is 6.73. The number of aromatic nitrogens is 2. The Morgan fingerprint density at radius 1 is 1.50 bits per heavy atom. The third-order valence-corrected chi connectivity index (χ3v) is 3.87. The maximum absolute atomic E-state index is 5.77. The number of nitrogens with zero attached hydrogens (tertiary/aromatic N) is 2. The first kappa shape index (κ1) is 9.77. The van der Waals surface area contributed by atoms with Gasteiger partial charge in [0.2, 0.25) is 0 Å². The number of thioether (sulfide) groups is 1. The van der Waals surface area contributed by atoms with Gasteiger partial charge in [0.1, 0.15) is 11.6 Å². The molecule has 1 unspecified atom stereocenters. The van der Waals surface area contributed by atoms with Crippen LogP contribution in [0.3, 0.4) is 0 Å². The predicted octanol–water partition coefficient (Wildman–Crippen LogP) is 2.33. The fourth-order valence-electron chi connectivity index (χ4n) is 1.57. The van der Waals surface area contributed by atoms with Crippen LogP contribution in [0.15, 0.2) is 6.20 Å². The molecule has 1 fully saturated rings. The summed E-state index contributed by atoms with van der Waals surface area (Å²) in [5.74, 6) is 2.76. The Balaban J connectivity index is 2.18. The molecule has 1 aliphatic rings. The molecule has 0 amide bonds. The largest absolute Gasteiger partial charge is 0.383 e. The molecule has 2 rings (SSSR count). The van der Waals surface area contributed by atoms with Crippen LogP contribution in [0, 0.1) is 6.92 Å². The number of anilines is 1. The van der Waals surface area contributed by atoms with Gasteiger partial charge in [-0.15, -0.1) is 0 Å². The number of nitrogen functional groups attached to an aromatic ring is 1. The van der Waals surface area contributed by atoms with Gasteiger partial charge in [-0.1, -0.05) is 6.42 Å². The van der Waals surface area contributed by atoms with Crippen molar-refractivity contribution < 1.29 is 0 Å². The van der Waals surface area contributed by atoms with Crippen molar-refractivity contribution in [1.29, 1.82) is 0 Å². The number of rotatable bonds is 1. The summed E-state index contributed by atoms with van der Waals surface area (Å²) < 4.78 is 0. The minimum Gasteiger partial charge on any atom is -0.383 e. The summed E-state index contributed by atoms with van der Waals surface area (Å²) in [5, 5.41) is 0.464. The van der Waals surface area contributed by atoms with Gasteiger partial charge in [0.05, 0.1) is 5.25 Å². The molecule has 0 saturated carbocycles. The molecule has 76 valence electrons. The van der Waals surface area contributed by atoms with Gasteiger partial charge < -0.3 is 5.73 Å². The van der Waals surface area contributed by atoms with Crippen molar-refractivity contribution in [3.8, 4) is 0 Å². The van der Waals surface area contributed by atoms with Crippen molar-refractivity contribution in [3.05, 3.63) is 17.6 Å². The van der Waals surface area contributed by atoms with Crippen molar-refractivity contribution in [2.45, 2.75) is 31.4 Å². The Hall–Kier alpha value is -0.770. The third kappa shape index (κ3) is 2.00. The zero-order valence-corrected chi connectivity index (χ0v) is 9.18. The van der Waals surface area contributed by atoms with E-state index in [0.29, 0.717) is 11.1 Å². The van der Waals surface area contributed by atoms with E-state index in [-0.39, 0.29) is 0 Å². The van der Waals surface area contributed by atoms with Gasteiger partial charge in [-0.3, -0.25) is 0 Å². The molecular formula is C10H15N3S.